The van der Waals surface area contributed by atoms with E-state index in [-0.39, 0.29) is 0 Å². The number of rotatable bonds is 4. The molecule has 16 heavy (non-hydrogen) atoms. The number of hydrogen-bond acceptors (Lipinski definition) is 3. The summed E-state index contributed by atoms with van der Waals surface area (Å²) in [7, 11) is 1.80. The molecule has 0 unspecified atom stereocenters. The number of hydrogen-bond donors (Lipinski definition) is 2. The van der Waals surface area contributed by atoms with E-state index < -0.39 is 0 Å². The first-order valence-corrected chi connectivity index (χ1v) is 5.05. The second-order valence-corrected chi connectivity index (χ2v) is 3.34. The van der Waals surface area contributed by atoms with Gasteiger partial charge < -0.3 is 11.1 Å². The van der Waals surface area contributed by atoms with Crippen molar-refractivity contribution in [3.8, 4) is 0 Å². The summed E-state index contributed by atoms with van der Waals surface area (Å²) in [6.45, 7) is 9.46. The minimum absolute atomic E-state index is 0.498. The molecule has 0 aliphatic carbocycles. The average molecular weight is 215 g/mol. The highest BCUT2D eigenvalue weighted by atomic mass is 15.0. The molecule has 0 saturated carbocycles. The topological polar surface area (TPSA) is 50.9 Å². The molecule has 0 aliphatic heterocycles. The number of anilines is 1. The standard InChI is InChI=1S/C13H17N3/c1-5-10(6-2)11-7-12(9(3)14)13(15-4)16-8-11/h5-8H,1,3,14H2,2,4H3,(H,15,16)/b10-6+. The minimum Gasteiger partial charge on any atom is -0.399 e. The Balaban J connectivity index is 3.32. The number of allylic oxidation sites excluding steroid dienone is 3. The Kier molecular flexibility index (Phi) is 3.89. The van der Waals surface area contributed by atoms with Gasteiger partial charge in [0.05, 0.1) is 0 Å². The van der Waals surface area contributed by atoms with Crippen LogP contribution in [0.1, 0.15) is 18.1 Å². The van der Waals surface area contributed by atoms with Crippen LogP contribution in [0.4, 0.5) is 5.82 Å². The SMILES string of the molecule is C=C/C(=C\C)c1cnc(NC)c(C(=C)N)c1. The number of pyridine rings is 1. The van der Waals surface area contributed by atoms with E-state index in [0.29, 0.717) is 5.70 Å². The van der Waals surface area contributed by atoms with Crippen LogP contribution in [0.5, 0.6) is 0 Å². The van der Waals surface area contributed by atoms with Crippen molar-refractivity contribution < 1.29 is 0 Å². The smallest absolute Gasteiger partial charge is 0.135 e. The zero-order valence-corrected chi connectivity index (χ0v) is 9.75. The Morgan fingerprint density at radius 1 is 1.56 bits per heavy atom. The molecular formula is C13H17N3. The van der Waals surface area contributed by atoms with Gasteiger partial charge in [-0.25, -0.2) is 4.98 Å². The molecule has 1 rings (SSSR count). The van der Waals surface area contributed by atoms with Crippen LogP contribution in [0, 0.1) is 0 Å². The lowest BCUT2D eigenvalue weighted by Gasteiger charge is -2.10. The fraction of sp³-hybridized carbons (Fsp3) is 0.154. The summed E-state index contributed by atoms with van der Waals surface area (Å²) in [5.74, 6) is 0.732. The molecule has 0 atom stereocenters. The Morgan fingerprint density at radius 2 is 2.25 bits per heavy atom. The van der Waals surface area contributed by atoms with Crippen molar-refractivity contribution >= 4 is 17.1 Å². The molecule has 3 nitrogen and oxygen atoms in total. The molecule has 0 bridgehead atoms. The zero-order chi connectivity index (χ0) is 12.1. The molecule has 0 aliphatic rings. The van der Waals surface area contributed by atoms with Crippen LogP contribution in [0.2, 0.25) is 0 Å². The molecule has 1 aromatic rings. The molecule has 1 heterocycles. The van der Waals surface area contributed by atoms with Gasteiger partial charge in [0.2, 0.25) is 0 Å². The molecule has 0 amide bonds. The molecule has 0 fully saturated rings. The first-order valence-electron chi connectivity index (χ1n) is 5.05. The predicted molar refractivity (Wildman–Crippen MR) is 70.9 cm³/mol. The summed E-state index contributed by atoms with van der Waals surface area (Å²) in [6.07, 6.45) is 5.56. The Bertz CT molecular complexity index is 444. The summed E-state index contributed by atoms with van der Waals surface area (Å²) < 4.78 is 0. The molecule has 0 aromatic carbocycles. The molecule has 0 saturated heterocycles. The van der Waals surface area contributed by atoms with Crippen molar-refractivity contribution in [1.29, 1.82) is 0 Å². The third-order valence-electron chi connectivity index (χ3n) is 2.33. The average Bonchev–Trinajstić information content (AvgIpc) is 2.30. The van der Waals surface area contributed by atoms with Crippen LogP contribution in [-0.4, -0.2) is 12.0 Å². The summed E-state index contributed by atoms with van der Waals surface area (Å²) in [4.78, 5) is 4.29. The van der Waals surface area contributed by atoms with Gasteiger partial charge in [-0.2, -0.15) is 0 Å². The number of nitrogens with two attached hydrogens (primary N) is 1. The van der Waals surface area contributed by atoms with Gasteiger partial charge in [-0.1, -0.05) is 25.3 Å². The monoisotopic (exact) mass is 215 g/mol. The number of nitrogens with one attached hydrogen (secondary N) is 1. The van der Waals surface area contributed by atoms with Crippen molar-refractivity contribution in [2.45, 2.75) is 6.92 Å². The third-order valence-corrected chi connectivity index (χ3v) is 2.33. The van der Waals surface area contributed by atoms with Crippen LogP contribution in [0.15, 0.2) is 37.6 Å². The Morgan fingerprint density at radius 3 is 2.69 bits per heavy atom. The lowest BCUT2D eigenvalue weighted by molar-refractivity contribution is 1.25. The van der Waals surface area contributed by atoms with Crippen LogP contribution < -0.4 is 11.1 Å². The minimum atomic E-state index is 0.498. The lowest BCUT2D eigenvalue weighted by atomic mass is 10.0. The van der Waals surface area contributed by atoms with Gasteiger partial charge in [-0.05, 0) is 18.6 Å². The number of nitrogens with zero attached hydrogens (tertiary/aromatic N) is 1. The quantitative estimate of drug-likeness (QED) is 0.759. The van der Waals surface area contributed by atoms with Gasteiger partial charge in [-0.15, -0.1) is 0 Å². The largest absolute Gasteiger partial charge is 0.399 e. The van der Waals surface area contributed by atoms with Gasteiger partial charge in [-0.3, -0.25) is 0 Å². The van der Waals surface area contributed by atoms with Gasteiger partial charge in [0.25, 0.3) is 0 Å². The Labute approximate surface area is 96.4 Å². The van der Waals surface area contributed by atoms with E-state index in [4.69, 9.17) is 5.73 Å². The van der Waals surface area contributed by atoms with Crippen molar-refractivity contribution in [3.05, 3.63) is 48.7 Å². The van der Waals surface area contributed by atoms with E-state index in [9.17, 15) is 0 Å². The van der Waals surface area contributed by atoms with Crippen molar-refractivity contribution in [2.24, 2.45) is 5.73 Å². The van der Waals surface area contributed by atoms with E-state index in [1.807, 2.05) is 19.1 Å². The zero-order valence-electron chi connectivity index (χ0n) is 9.75. The molecule has 0 radical (unpaired) electrons. The van der Waals surface area contributed by atoms with E-state index in [1.54, 1.807) is 19.3 Å². The molecular weight excluding hydrogens is 198 g/mol. The van der Waals surface area contributed by atoms with Gasteiger partial charge >= 0.3 is 0 Å². The molecule has 3 N–H and O–H groups in total. The van der Waals surface area contributed by atoms with Crippen LogP contribution in [0.25, 0.3) is 11.3 Å². The predicted octanol–water partition coefficient (Wildman–Crippen LogP) is 2.64. The highest BCUT2D eigenvalue weighted by molar-refractivity contribution is 5.78. The molecule has 0 spiro atoms. The normalized spacial score (nSPS) is 11.0. The molecule has 84 valence electrons. The van der Waals surface area contributed by atoms with Gasteiger partial charge in [0, 0.05) is 30.1 Å². The maximum Gasteiger partial charge on any atom is 0.135 e. The summed E-state index contributed by atoms with van der Waals surface area (Å²) in [5.41, 5.74) is 9.05. The molecule has 1 aromatic heterocycles. The van der Waals surface area contributed by atoms with E-state index in [2.05, 4.69) is 23.5 Å². The summed E-state index contributed by atoms with van der Waals surface area (Å²) in [6, 6.07) is 1.96. The van der Waals surface area contributed by atoms with E-state index in [1.165, 1.54) is 0 Å². The maximum absolute atomic E-state index is 5.72. The second kappa shape index (κ2) is 5.16. The lowest BCUT2D eigenvalue weighted by Crippen LogP contribution is -2.03. The highest BCUT2D eigenvalue weighted by Gasteiger charge is 2.06. The van der Waals surface area contributed by atoms with E-state index >= 15 is 0 Å². The Hall–Kier alpha value is -2.03. The fourth-order valence-corrected chi connectivity index (χ4v) is 1.47. The first kappa shape index (κ1) is 12.0. The van der Waals surface area contributed by atoms with Gasteiger partial charge in [0.15, 0.2) is 0 Å². The summed E-state index contributed by atoms with van der Waals surface area (Å²) >= 11 is 0. The van der Waals surface area contributed by atoms with Gasteiger partial charge in [0.1, 0.15) is 5.82 Å². The second-order valence-electron chi connectivity index (χ2n) is 3.34. The van der Waals surface area contributed by atoms with Crippen molar-refractivity contribution in [2.75, 3.05) is 12.4 Å². The van der Waals surface area contributed by atoms with Crippen LogP contribution in [0.3, 0.4) is 0 Å². The third kappa shape index (κ3) is 2.31. The van der Waals surface area contributed by atoms with E-state index in [0.717, 1.165) is 22.5 Å². The number of aromatic nitrogens is 1. The van der Waals surface area contributed by atoms with Crippen molar-refractivity contribution in [3.63, 3.8) is 0 Å². The highest BCUT2D eigenvalue weighted by Crippen LogP contribution is 2.23. The molecule has 3 heteroatoms. The fourth-order valence-electron chi connectivity index (χ4n) is 1.47. The van der Waals surface area contributed by atoms with Crippen LogP contribution in [-0.2, 0) is 0 Å². The summed E-state index contributed by atoms with van der Waals surface area (Å²) in [5, 5.41) is 2.98. The van der Waals surface area contributed by atoms with Crippen molar-refractivity contribution in [1.82, 2.24) is 4.98 Å². The van der Waals surface area contributed by atoms with Crippen LogP contribution >= 0.6 is 0 Å². The maximum atomic E-state index is 5.72. The first-order chi connectivity index (χ1) is 7.63.